The van der Waals surface area contributed by atoms with Gasteiger partial charge in [0, 0.05) is 18.3 Å². The molecule has 4 nitrogen and oxygen atoms in total. The Morgan fingerprint density at radius 2 is 2.10 bits per heavy atom. The lowest BCUT2D eigenvalue weighted by Gasteiger charge is -2.31. The van der Waals surface area contributed by atoms with E-state index in [-0.39, 0.29) is 11.3 Å². The molecule has 0 fully saturated rings. The van der Waals surface area contributed by atoms with Gasteiger partial charge in [0.15, 0.2) is 0 Å². The molecule has 1 aromatic rings. The first kappa shape index (κ1) is 18.1. The van der Waals surface area contributed by atoms with Crippen molar-refractivity contribution in [3.63, 3.8) is 0 Å². The summed E-state index contributed by atoms with van der Waals surface area (Å²) in [5.41, 5.74) is 8.76. The molecular formula is C16H29N3OS. The van der Waals surface area contributed by atoms with E-state index in [1.165, 1.54) is 4.88 Å². The van der Waals surface area contributed by atoms with Gasteiger partial charge in [0.05, 0.1) is 17.7 Å². The fourth-order valence-electron chi connectivity index (χ4n) is 2.48. The number of carbonyl (C=O) groups is 1. The standard InChI is InChI=1S/C16H29N3OS/c1-12-14(21-11-18-12)10-19(5)15(20)7-6-13(8-9-17)16(2,3)4/h11,13H,6-10,17H2,1-5H3. The lowest BCUT2D eigenvalue weighted by molar-refractivity contribution is -0.130. The highest BCUT2D eigenvalue weighted by Crippen LogP contribution is 2.32. The minimum atomic E-state index is 0.201. The first-order valence-corrected chi connectivity index (χ1v) is 8.46. The average Bonchev–Trinajstić information content (AvgIpc) is 2.78. The van der Waals surface area contributed by atoms with Crippen LogP contribution in [0.3, 0.4) is 0 Å². The molecule has 0 aliphatic carbocycles. The molecule has 0 saturated carbocycles. The van der Waals surface area contributed by atoms with E-state index in [0.717, 1.165) is 18.5 Å². The number of aryl methyl sites for hydroxylation is 1. The summed E-state index contributed by atoms with van der Waals surface area (Å²) < 4.78 is 0. The molecule has 1 heterocycles. The third kappa shape index (κ3) is 5.75. The fourth-order valence-corrected chi connectivity index (χ4v) is 3.31. The van der Waals surface area contributed by atoms with Crippen LogP contribution < -0.4 is 5.73 Å². The average molecular weight is 311 g/mol. The largest absolute Gasteiger partial charge is 0.341 e. The van der Waals surface area contributed by atoms with Crippen molar-refractivity contribution in [1.29, 1.82) is 0 Å². The summed E-state index contributed by atoms with van der Waals surface area (Å²) in [6.07, 6.45) is 2.48. The highest BCUT2D eigenvalue weighted by atomic mass is 32.1. The van der Waals surface area contributed by atoms with Crippen molar-refractivity contribution in [2.45, 2.75) is 53.5 Å². The van der Waals surface area contributed by atoms with Crippen LogP contribution in [-0.2, 0) is 11.3 Å². The lowest BCUT2D eigenvalue weighted by atomic mass is 9.76. The third-order valence-electron chi connectivity index (χ3n) is 4.10. The molecule has 0 saturated heterocycles. The zero-order valence-corrected chi connectivity index (χ0v) is 14.8. The van der Waals surface area contributed by atoms with Gasteiger partial charge in [-0.1, -0.05) is 20.8 Å². The third-order valence-corrected chi connectivity index (χ3v) is 5.02. The maximum atomic E-state index is 12.3. The second-order valence-electron chi connectivity index (χ2n) is 6.79. The Morgan fingerprint density at radius 3 is 2.57 bits per heavy atom. The number of thiazole rings is 1. The quantitative estimate of drug-likeness (QED) is 0.841. The van der Waals surface area contributed by atoms with Gasteiger partial charge < -0.3 is 10.6 Å². The van der Waals surface area contributed by atoms with Crippen LogP contribution in [0.5, 0.6) is 0 Å². The van der Waals surface area contributed by atoms with E-state index in [9.17, 15) is 4.79 Å². The highest BCUT2D eigenvalue weighted by molar-refractivity contribution is 7.09. The number of aromatic nitrogens is 1. The molecule has 0 radical (unpaired) electrons. The van der Waals surface area contributed by atoms with Crippen LogP contribution in [0.2, 0.25) is 0 Å². The van der Waals surface area contributed by atoms with Crippen molar-refractivity contribution in [2.24, 2.45) is 17.1 Å². The number of nitrogens with two attached hydrogens (primary N) is 1. The van der Waals surface area contributed by atoms with Crippen molar-refractivity contribution in [1.82, 2.24) is 9.88 Å². The van der Waals surface area contributed by atoms with Gasteiger partial charge in [-0.3, -0.25) is 4.79 Å². The van der Waals surface area contributed by atoms with Gasteiger partial charge >= 0.3 is 0 Å². The van der Waals surface area contributed by atoms with Crippen molar-refractivity contribution in [3.8, 4) is 0 Å². The first-order chi connectivity index (χ1) is 9.75. The van der Waals surface area contributed by atoms with E-state index in [4.69, 9.17) is 5.73 Å². The molecule has 2 N–H and O–H groups in total. The van der Waals surface area contributed by atoms with Gasteiger partial charge in [-0.15, -0.1) is 11.3 Å². The normalized spacial score (nSPS) is 13.2. The Labute approximate surface area is 132 Å². The van der Waals surface area contributed by atoms with Crippen molar-refractivity contribution in [2.75, 3.05) is 13.6 Å². The molecule has 1 aromatic heterocycles. The van der Waals surface area contributed by atoms with Crippen LogP contribution in [0, 0.1) is 18.3 Å². The van der Waals surface area contributed by atoms with Crippen LogP contribution in [0.25, 0.3) is 0 Å². The predicted octanol–water partition coefficient (Wildman–Crippen LogP) is 3.20. The monoisotopic (exact) mass is 311 g/mol. The SMILES string of the molecule is Cc1ncsc1CN(C)C(=O)CCC(CCN)C(C)(C)C. The molecular weight excluding hydrogens is 282 g/mol. The summed E-state index contributed by atoms with van der Waals surface area (Å²) in [7, 11) is 1.87. The summed E-state index contributed by atoms with van der Waals surface area (Å²) in [6, 6.07) is 0. The summed E-state index contributed by atoms with van der Waals surface area (Å²) in [5.74, 6) is 0.694. The number of hydrogen-bond acceptors (Lipinski definition) is 4. The molecule has 1 amide bonds. The zero-order chi connectivity index (χ0) is 16.0. The Morgan fingerprint density at radius 1 is 1.43 bits per heavy atom. The summed E-state index contributed by atoms with van der Waals surface area (Å²) in [6.45, 7) is 10.0. The Bertz CT molecular complexity index is 451. The van der Waals surface area contributed by atoms with Gasteiger partial charge in [-0.2, -0.15) is 0 Å². The second kappa shape index (κ2) is 7.90. The van der Waals surface area contributed by atoms with E-state index < -0.39 is 0 Å². The highest BCUT2D eigenvalue weighted by Gasteiger charge is 2.25. The van der Waals surface area contributed by atoms with Crippen molar-refractivity contribution >= 4 is 17.2 Å². The molecule has 21 heavy (non-hydrogen) atoms. The Balaban J connectivity index is 2.50. The maximum Gasteiger partial charge on any atom is 0.222 e. The van der Waals surface area contributed by atoms with E-state index >= 15 is 0 Å². The number of nitrogens with zero attached hydrogens (tertiary/aromatic N) is 2. The van der Waals surface area contributed by atoms with E-state index in [2.05, 4.69) is 25.8 Å². The maximum absolute atomic E-state index is 12.3. The molecule has 0 aliphatic rings. The van der Waals surface area contributed by atoms with Crippen LogP contribution in [0.1, 0.15) is 50.6 Å². The van der Waals surface area contributed by atoms with Crippen LogP contribution >= 0.6 is 11.3 Å². The topological polar surface area (TPSA) is 59.2 Å². The summed E-state index contributed by atoms with van der Waals surface area (Å²) >= 11 is 1.61. The fraction of sp³-hybridized carbons (Fsp3) is 0.750. The minimum Gasteiger partial charge on any atom is -0.341 e. The first-order valence-electron chi connectivity index (χ1n) is 7.58. The molecule has 5 heteroatoms. The molecule has 1 unspecified atom stereocenters. The summed E-state index contributed by atoms with van der Waals surface area (Å²) in [5, 5.41) is 0. The van der Waals surface area contributed by atoms with Gasteiger partial charge in [0.1, 0.15) is 0 Å². The molecule has 120 valence electrons. The Hall–Kier alpha value is -0.940. The minimum absolute atomic E-state index is 0.201. The number of hydrogen-bond donors (Lipinski definition) is 1. The number of carbonyl (C=O) groups excluding carboxylic acids is 1. The Kier molecular flexibility index (Phi) is 6.81. The van der Waals surface area contributed by atoms with Gasteiger partial charge in [-0.25, -0.2) is 4.98 Å². The summed E-state index contributed by atoms with van der Waals surface area (Å²) in [4.78, 5) is 19.5. The predicted molar refractivity (Wildman–Crippen MR) is 89.2 cm³/mol. The lowest BCUT2D eigenvalue weighted by Crippen LogP contribution is -2.29. The molecule has 0 aromatic carbocycles. The molecule has 1 atom stereocenters. The molecule has 1 rings (SSSR count). The zero-order valence-electron chi connectivity index (χ0n) is 14.0. The van der Waals surface area contributed by atoms with Gasteiger partial charge in [0.2, 0.25) is 5.91 Å². The van der Waals surface area contributed by atoms with E-state index in [1.54, 1.807) is 11.3 Å². The molecule has 0 bridgehead atoms. The smallest absolute Gasteiger partial charge is 0.222 e. The van der Waals surface area contributed by atoms with Gasteiger partial charge in [0.25, 0.3) is 0 Å². The van der Waals surface area contributed by atoms with Crippen molar-refractivity contribution < 1.29 is 4.79 Å². The number of amides is 1. The van der Waals surface area contributed by atoms with Gasteiger partial charge in [-0.05, 0) is 37.6 Å². The van der Waals surface area contributed by atoms with Crippen LogP contribution in [0.15, 0.2) is 5.51 Å². The van der Waals surface area contributed by atoms with Crippen molar-refractivity contribution in [3.05, 3.63) is 16.1 Å². The van der Waals surface area contributed by atoms with E-state index in [0.29, 0.717) is 25.4 Å². The molecule has 0 aliphatic heterocycles. The van der Waals surface area contributed by atoms with Crippen LogP contribution in [0.4, 0.5) is 0 Å². The number of rotatable bonds is 7. The molecule has 0 spiro atoms. The van der Waals surface area contributed by atoms with E-state index in [1.807, 2.05) is 24.4 Å². The van der Waals surface area contributed by atoms with Crippen LogP contribution in [-0.4, -0.2) is 29.4 Å². The second-order valence-corrected chi connectivity index (χ2v) is 7.73.